The van der Waals surface area contributed by atoms with Crippen molar-refractivity contribution in [2.45, 2.75) is 37.5 Å². The van der Waals surface area contributed by atoms with E-state index in [1.807, 2.05) is 24.3 Å². The van der Waals surface area contributed by atoms with Gasteiger partial charge in [0.1, 0.15) is 5.75 Å². The van der Waals surface area contributed by atoms with Crippen molar-refractivity contribution in [3.63, 3.8) is 0 Å². The number of likely N-dealkylation sites (tertiary alicyclic amines) is 1. The molecule has 1 aliphatic carbocycles. The molecular formula is C16H22N2O3. The van der Waals surface area contributed by atoms with Crippen molar-refractivity contribution >= 4 is 5.91 Å². The molecule has 2 atom stereocenters. The molecule has 0 bridgehead atoms. The van der Waals surface area contributed by atoms with E-state index in [-0.39, 0.29) is 18.1 Å². The number of ether oxygens (including phenoxy) is 1. The Hall–Kier alpha value is -1.59. The van der Waals surface area contributed by atoms with Gasteiger partial charge in [-0.1, -0.05) is 12.1 Å². The van der Waals surface area contributed by atoms with Gasteiger partial charge in [-0.05, 0) is 37.0 Å². The van der Waals surface area contributed by atoms with E-state index >= 15 is 0 Å². The highest BCUT2D eigenvalue weighted by atomic mass is 16.5. The molecule has 5 nitrogen and oxygen atoms in total. The highest BCUT2D eigenvalue weighted by molar-refractivity contribution is 5.78. The molecule has 5 heteroatoms. The third-order valence-corrected chi connectivity index (χ3v) is 4.15. The van der Waals surface area contributed by atoms with Crippen molar-refractivity contribution in [2.24, 2.45) is 0 Å². The van der Waals surface area contributed by atoms with Crippen LogP contribution in [-0.2, 0) is 4.79 Å². The molecule has 0 spiro atoms. The summed E-state index contributed by atoms with van der Waals surface area (Å²) in [5.41, 5.74) is 1.09. The Labute approximate surface area is 124 Å². The molecule has 1 saturated carbocycles. The number of carbonyl (C=O) groups excluding carboxylic acids is 1. The van der Waals surface area contributed by atoms with Crippen LogP contribution >= 0.6 is 0 Å². The van der Waals surface area contributed by atoms with Gasteiger partial charge in [-0.2, -0.15) is 0 Å². The molecule has 1 saturated heterocycles. The Kier molecular flexibility index (Phi) is 4.12. The molecule has 1 aliphatic heterocycles. The Morgan fingerprint density at radius 2 is 2.29 bits per heavy atom. The maximum absolute atomic E-state index is 12.0. The minimum absolute atomic E-state index is 0.0551. The smallest absolute Gasteiger partial charge is 0.234 e. The molecule has 0 unspecified atom stereocenters. The monoisotopic (exact) mass is 290 g/mol. The Bertz CT molecular complexity index is 516. The highest BCUT2D eigenvalue weighted by Crippen LogP contribution is 2.33. The van der Waals surface area contributed by atoms with Crippen LogP contribution in [0.4, 0.5) is 0 Å². The molecule has 1 aromatic carbocycles. The molecule has 2 fully saturated rings. The van der Waals surface area contributed by atoms with Gasteiger partial charge in [0, 0.05) is 18.6 Å². The molecule has 21 heavy (non-hydrogen) atoms. The summed E-state index contributed by atoms with van der Waals surface area (Å²) in [4.78, 5) is 14.0. The standard InChI is InChI=1S/C16H22N2O3/c1-21-14-4-2-3-11(7-14)15-8-13(19)9-18(15)10-16(20)17-12-5-6-12/h2-4,7,12-13,15,19H,5-6,8-10H2,1H3,(H,17,20)/t13-,15-/m0/s1. The number of hydrogen-bond acceptors (Lipinski definition) is 4. The van der Waals surface area contributed by atoms with Gasteiger partial charge in [0.15, 0.2) is 0 Å². The second-order valence-corrected chi connectivity index (χ2v) is 5.95. The number of rotatable bonds is 5. The van der Waals surface area contributed by atoms with Gasteiger partial charge in [0.25, 0.3) is 0 Å². The molecular weight excluding hydrogens is 268 g/mol. The van der Waals surface area contributed by atoms with Gasteiger partial charge in [0.2, 0.25) is 5.91 Å². The predicted molar refractivity (Wildman–Crippen MR) is 79.1 cm³/mol. The number of amides is 1. The number of hydrogen-bond donors (Lipinski definition) is 2. The van der Waals surface area contributed by atoms with Crippen LogP contribution in [0.1, 0.15) is 30.9 Å². The SMILES string of the molecule is COc1cccc([C@@H]2C[C@H](O)CN2CC(=O)NC2CC2)c1. The zero-order chi connectivity index (χ0) is 14.8. The summed E-state index contributed by atoms with van der Waals surface area (Å²) in [6.45, 7) is 0.884. The first kappa shape index (κ1) is 14.4. The largest absolute Gasteiger partial charge is 0.497 e. The van der Waals surface area contributed by atoms with E-state index in [1.165, 1.54) is 0 Å². The summed E-state index contributed by atoms with van der Waals surface area (Å²) in [5.74, 6) is 0.857. The number of aliphatic hydroxyl groups excluding tert-OH is 1. The van der Waals surface area contributed by atoms with Gasteiger partial charge >= 0.3 is 0 Å². The van der Waals surface area contributed by atoms with E-state index < -0.39 is 0 Å². The quantitative estimate of drug-likeness (QED) is 0.852. The fraction of sp³-hybridized carbons (Fsp3) is 0.562. The van der Waals surface area contributed by atoms with E-state index in [9.17, 15) is 9.90 Å². The van der Waals surface area contributed by atoms with E-state index in [0.717, 1.165) is 24.2 Å². The van der Waals surface area contributed by atoms with Crippen LogP contribution in [0.5, 0.6) is 5.75 Å². The topological polar surface area (TPSA) is 61.8 Å². The van der Waals surface area contributed by atoms with Crippen LogP contribution in [0.15, 0.2) is 24.3 Å². The lowest BCUT2D eigenvalue weighted by Gasteiger charge is -2.24. The number of aliphatic hydroxyl groups is 1. The molecule has 0 aromatic heterocycles. The maximum Gasteiger partial charge on any atom is 0.234 e. The second-order valence-electron chi connectivity index (χ2n) is 5.95. The lowest BCUT2D eigenvalue weighted by molar-refractivity contribution is -0.122. The van der Waals surface area contributed by atoms with E-state index in [0.29, 0.717) is 25.6 Å². The van der Waals surface area contributed by atoms with Crippen LogP contribution in [0, 0.1) is 0 Å². The summed E-state index contributed by atoms with van der Waals surface area (Å²) < 4.78 is 5.26. The third-order valence-electron chi connectivity index (χ3n) is 4.15. The third kappa shape index (κ3) is 3.54. The molecule has 3 rings (SSSR count). The van der Waals surface area contributed by atoms with Crippen molar-refractivity contribution in [3.8, 4) is 5.75 Å². The average molecular weight is 290 g/mol. The maximum atomic E-state index is 12.0. The molecule has 2 N–H and O–H groups in total. The first-order valence-corrected chi connectivity index (χ1v) is 7.51. The van der Waals surface area contributed by atoms with E-state index in [2.05, 4.69) is 10.2 Å². The van der Waals surface area contributed by atoms with Crippen LogP contribution in [0.25, 0.3) is 0 Å². The first-order valence-electron chi connectivity index (χ1n) is 7.51. The summed E-state index contributed by atoms with van der Waals surface area (Å²) in [7, 11) is 1.64. The fourth-order valence-electron chi connectivity index (χ4n) is 2.94. The summed E-state index contributed by atoms with van der Waals surface area (Å²) in [6, 6.07) is 8.30. The van der Waals surface area contributed by atoms with Gasteiger partial charge in [-0.15, -0.1) is 0 Å². The first-order chi connectivity index (χ1) is 10.2. The summed E-state index contributed by atoms with van der Waals surface area (Å²) in [5, 5.41) is 13.0. The highest BCUT2D eigenvalue weighted by Gasteiger charge is 2.34. The summed E-state index contributed by atoms with van der Waals surface area (Å²) >= 11 is 0. The average Bonchev–Trinajstić information content (AvgIpc) is 3.20. The van der Waals surface area contributed by atoms with E-state index in [1.54, 1.807) is 7.11 Å². The lowest BCUT2D eigenvalue weighted by Crippen LogP contribution is -2.38. The Morgan fingerprint density at radius 3 is 3.00 bits per heavy atom. The van der Waals surface area contributed by atoms with Crippen LogP contribution in [0.2, 0.25) is 0 Å². The Morgan fingerprint density at radius 1 is 1.48 bits per heavy atom. The van der Waals surface area contributed by atoms with Gasteiger partial charge in [-0.3, -0.25) is 9.69 Å². The van der Waals surface area contributed by atoms with Crippen molar-refractivity contribution in [3.05, 3.63) is 29.8 Å². The number of carbonyl (C=O) groups is 1. The number of benzene rings is 1. The minimum atomic E-state index is -0.380. The van der Waals surface area contributed by atoms with Gasteiger partial charge in [-0.25, -0.2) is 0 Å². The molecule has 1 amide bonds. The molecule has 0 radical (unpaired) electrons. The molecule has 1 aromatic rings. The second kappa shape index (κ2) is 6.03. The zero-order valence-corrected chi connectivity index (χ0v) is 12.3. The Balaban J connectivity index is 1.70. The van der Waals surface area contributed by atoms with Crippen LogP contribution < -0.4 is 10.1 Å². The fourth-order valence-corrected chi connectivity index (χ4v) is 2.94. The van der Waals surface area contributed by atoms with E-state index in [4.69, 9.17) is 4.74 Å². The molecule has 2 aliphatic rings. The van der Waals surface area contributed by atoms with Gasteiger partial charge in [0.05, 0.1) is 19.8 Å². The lowest BCUT2D eigenvalue weighted by atomic mass is 10.0. The van der Waals surface area contributed by atoms with Crippen molar-refractivity contribution in [2.75, 3.05) is 20.2 Å². The number of β-amino-alcohol motifs (C(OH)–C–C–N with tert-alkyl or cyclic N) is 1. The normalized spacial score (nSPS) is 25.8. The van der Waals surface area contributed by atoms with Gasteiger partial charge < -0.3 is 15.2 Å². The molecule has 114 valence electrons. The predicted octanol–water partition coefficient (Wildman–Crippen LogP) is 1.08. The number of methoxy groups -OCH3 is 1. The van der Waals surface area contributed by atoms with Crippen molar-refractivity contribution in [1.29, 1.82) is 0 Å². The molecule has 1 heterocycles. The van der Waals surface area contributed by atoms with Crippen LogP contribution in [0.3, 0.4) is 0 Å². The zero-order valence-electron chi connectivity index (χ0n) is 12.3. The number of nitrogens with one attached hydrogen (secondary N) is 1. The summed E-state index contributed by atoms with van der Waals surface area (Å²) in [6.07, 6.45) is 2.46. The van der Waals surface area contributed by atoms with Crippen molar-refractivity contribution in [1.82, 2.24) is 10.2 Å². The van der Waals surface area contributed by atoms with Crippen LogP contribution in [-0.4, -0.2) is 48.3 Å². The minimum Gasteiger partial charge on any atom is -0.497 e. The number of nitrogens with zero attached hydrogens (tertiary/aromatic N) is 1. The van der Waals surface area contributed by atoms with Crippen molar-refractivity contribution < 1.29 is 14.6 Å².